The van der Waals surface area contributed by atoms with Gasteiger partial charge < -0.3 is 10.1 Å². The van der Waals surface area contributed by atoms with Crippen LogP contribution in [0, 0.1) is 5.82 Å². The third-order valence-electron chi connectivity index (χ3n) is 2.98. The average Bonchev–Trinajstić information content (AvgIpc) is 2.49. The van der Waals surface area contributed by atoms with Crippen molar-refractivity contribution < 1.29 is 13.9 Å². The molecule has 116 valence electrons. The predicted molar refractivity (Wildman–Crippen MR) is 84.8 cm³/mol. The number of rotatable bonds is 5. The molecule has 6 heteroatoms. The molecular weight excluding hydrogens is 328 g/mol. The van der Waals surface area contributed by atoms with E-state index >= 15 is 0 Å². The van der Waals surface area contributed by atoms with Crippen LogP contribution >= 0.6 is 23.2 Å². The van der Waals surface area contributed by atoms with Gasteiger partial charge in [0.15, 0.2) is 6.10 Å². The molecule has 0 spiro atoms. The Morgan fingerprint density at radius 2 is 2.00 bits per heavy atom. The maximum absolute atomic E-state index is 13.5. The summed E-state index contributed by atoms with van der Waals surface area (Å²) in [4.78, 5) is 12.0. The normalized spacial score (nSPS) is 11.8. The minimum atomic E-state index is -0.773. The van der Waals surface area contributed by atoms with E-state index in [0.29, 0.717) is 21.4 Å². The first-order valence-corrected chi connectivity index (χ1v) is 7.36. The number of carbonyl (C=O) groups excluding carboxylic acids is 1. The molecule has 0 fully saturated rings. The van der Waals surface area contributed by atoms with Crippen LogP contribution in [-0.2, 0) is 11.3 Å². The quantitative estimate of drug-likeness (QED) is 0.884. The van der Waals surface area contributed by atoms with E-state index in [4.69, 9.17) is 27.9 Å². The van der Waals surface area contributed by atoms with Gasteiger partial charge in [-0.25, -0.2) is 4.39 Å². The van der Waals surface area contributed by atoms with Crippen LogP contribution in [0.2, 0.25) is 10.0 Å². The molecule has 0 bridgehead atoms. The maximum Gasteiger partial charge on any atom is 0.261 e. The molecule has 0 radical (unpaired) electrons. The molecule has 3 nitrogen and oxygen atoms in total. The summed E-state index contributed by atoms with van der Waals surface area (Å²) in [5.74, 6) is -0.369. The molecule has 1 atom stereocenters. The van der Waals surface area contributed by atoms with E-state index in [-0.39, 0.29) is 18.3 Å². The van der Waals surface area contributed by atoms with Crippen molar-refractivity contribution in [3.05, 3.63) is 63.9 Å². The number of benzene rings is 2. The second-order valence-electron chi connectivity index (χ2n) is 4.64. The van der Waals surface area contributed by atoms with Crippen molar-refractivity contribution in [1.82, 2.24) is 5.32 Å². The third kappa shape index (κ3) is 4.36. The minimum Gasteiger partial charge on any atom is -0.479 e. The molecule has 2 aromatic rings. The number of carbonyl (C=O) groups is 1. The smallest absolute Gasteiger partial charge is 0.261 e. The van der Waals surface area contributed by atoms with Crippen LogP contribution < -0.4 is 10.1 Å². The zero-order valence-corrected chi connectivity index (χ0v) is 13.3. The Morgan fingerprint density at radius 3 is 2.68 bits per heavy atom. The van der Waals surface area contributed by atoms with Crippen LogP contribution in [0.3, 0.4) is 0 Å². The molecule has 0 unspecified atom stereocenters. The van der Waals surface area contributed by atoms with Gasteiger partial charge in [0, 0.05) is 17.1 Å². The Kier molecular flexibility index (Phi) is 5.63. The number of hydrogen-bond acceptors (Lipinski definition) is 2. The summed E-state index contributed by atoms with van der Waals surface area (Å²) in [5.41, 5.74) is 0.410. The Labute approximate surface area is 138 Å². The average molecular weight is 342 g/mol. The molecule has 2 aromatic carbocycles. The molecule has 1 N–H and O–H groups in total. The van der Waals surface area contributed by atoms with E-state index < -0.39 is 6.10 Å². The topological polar surface area (TPSA) is 38.3 Å². The number of hydrogen-bond donors (Lipinski definition) is 1. The van der Waals surface area contributed by atoms with Crippen molar-refractivity contribution in [1.29, 1.82) is 0 Å². The van der Waals surface area contributed by atoms with E-state index in [0.717, 1.165) is 0 Å². The van der Waals surface area contributed by atoms with Crippen molar-refractivity contribution in [2.75, 3.05) is 0 Å². The number of ether oxygens (including phenoxy) is 1. The molecule has 22 heavy (non-hydrogen) atoms. The first-order valence-electron chi connectivity index (χ1n) is 6.60. The zero-order chi connectivity index (χ0) is 16.1. The highest BCUT2D eigenvalue weighted by atomic mass is 35.5. The van der Waals surface area contributed by atoms with Crippen molar-refractivity contribution in [2.45, 2.75) is 19.6 Å². The lowest BCUT2D eigenvalue weighted by molar-refractivity contribution is -0.127. The number of amides is 1. The molecule has 0 aliphatic heterocycles. The van der Waals surface area contributed by atoms with Crippen molar-refractivity contribution >= 4 is 29.1 Å². The summed E-state index contributed by atoms with van der Waals surface area (Å²) in [5, 5.41) is 3.42. The second-order valence-corrected chi connectivity index (χ2v) is 5.49. The molecule has 0 aliphatic rings. The number of halogens is 3. The highest BCUT2D eigenvalue weighted by Crippen LogP contribution is 2.28. The van der Waals surface area contributed by atoms with Crippen LogP contribution in [0.4, 0.5) is 4.39 Å². The van der Waals surface area contributed by atoms with Crippen molar-refractivity contribution in [2.24, 2.45) is 0 Å². The fourth-order valence-electron chi connectivity index (χ4n) is 1.78. The van der Waals surface area contributed by atoms with E-state index in [1.54, 1.807) is 37.3 Å². The fraction of sp³-hybridized carbons (Fsp3) is 0.188. The molecule has 1 amide bonds. The SMILES string of the molecule is C[C@H](Oc1ccc(Cl)cc1Cl)C(=O)NCc1ccccc1F. The van der Waals surface area contributed by atoms with Gasteiger partial charge in [0.25, 0.3) is 5.91 Å². The molecular formula is C16H14Cl2FNO2. The Hall–Kier alpha value is -1.78. The first kappa shape index (κ1) is 16.6. The van der Waals surface area contributed by atoms with Crippen LogP contribution in [0.1, 0.15) is 12.5 Å². The fourth-order valence-corrected chi connectivity index (χ4v) is 2.24. The Balaban J connectivity index is 1.93. The van der Waals surface area contributed by atoms with Gasteiger partial charge in [0.1, 0.15) is 11.6 Å². The standard InChI is InChI=1S/C16H14Cl2FNO2/c1-10(22-15-7-6-12(17)8-13(15)18)16(21)20-9-11-4-2-3-5-14(11)19/h2-8,10H,9H2,1H3,(H,20,21)/t10-/m0/s1. The van der Waals surface area contributed by atoms with Gasteiger partial charge in [-0.3, -0.25) is 4.79 Å². The molecule has 2 rings (SSSR count). The van der Waals surface area contributed by atoms with Crippen LogP contribution in [-0.4, -0.2) is 12.0 Å². The molecule has 0 saturated heterocycles. The Bertz CT molecular complexity index is 679. The van der Waals surface area contributed by atoms with E-state index in [1.165, 1.54) is 12.1 Å². The lowest BCUT2D eigenvalue weighted by atomic mass is 10.2. The minimum absolute atomic E-state index is 0.0908. The lowest BCUT2D eigenvalue weighted by Gasteiger charge is -2.16. The van der Waals surface area contributed by atoms with Crippen LogP contribution in [0.25, 0.3) is 0 Å². The van der Waals surface area contributed by atoms with Crippen molar-refractivity contribution in [3.63, 3.8) is 0 Å². The second kappa shape index (κ2) is 7.47. The van der Waals surface area contributed by atoms with Crippen molar-refractivity contribution in [3.8, 4) is 5.75 Å². The monoisotopic (exact) mass is 341 g/mol. The summed E-state index contributed by atoms with van der Waals surface area (Å²) in [6, 6.07) is 11.0. The van der Waals surface area contributed by atoms with Gasteiger partial charge in [-0.1, -0.05) is 41.4 Å². The summed E-state index contributed by atoms with van der Waals surface area (Å²) in [6.07, 6.45) is -0.773. The number of nitrogens with one attached hydrogen (secondary N) is 1. The first-order chi connectivity index (χ1) is 10.5. The lowest BCUT2D eigenvalue weighted by Crippen LogP contribution is -2.36. The largest absolute Gasteiger partial charge is 0.479 e. The van der Waals surface area contributed by atoms with Gasteiger partial charge in [-0.2, -0.15) is 0 Å². The van der Waals surface area contributed by atoms with E-state index in [2.05, 4.69) is 5.32 Å². The predicted octanol–water partition coefficient (Wildman–Crippen LogP) is 4.22. The van der Waals surface area contributed by atoms with Crippen LogP contribution in [0.5, 0.6) is 5.75 Å². The Morgan fingerprint density at radius 1 is 1.27 bits per heavy atom. The van der Waals surface area contributed by atoms with Gasteiger partial charge in [0.05, 0.1) is 5.02 Å². The maximum atomic E-state index is 13.5. The van der Waals surface area contributed by atoms with Gasteiger partial charge in [-0.05, 0) is 31.2 Å². The zero-order valence-electron chi connectivity index (χ0n) is 11.8. The molecule has 0 aliphatic carbocycles. The molecule has 0 saturated carbocycles. The third-order valence-corrected chi connectivity index (χ3v) is 3.51. The van der Waals surface area contributed by atoms with E-state index in [1.807, 2.05) is 0 Å². The molecule has 0 aromatic heterocycles. The summed E-state index contributed by atoms with van der Waals surface area (Å²) in [6.45, 7) is 1.68. The highest BCUT2D eigenvalue weighted by molar-refractivity contribution is 6.35. The highest BCUT2D eigenvalue weighted by Gasteiger charge is 2.16. The summed E-state index contributed by atoms with van der Waals surface area (Å²) >= 11 is 11.8. The summed E-state index contributed by atoms with van der Waals surface area (Å²) < 4.78 is 19.0. The van der Waals surface area contributed by atoms with Gasteiger partial charge in [-0.15, -0.1) is 0 Å². The van der Waals surface area contributed by atoms with Gasteiger partial charge >= 0.3 is 0 Å². The van der Waals surface area contributed by atoms with E-state index in [9.17, 15) is 9.18 Å². The molecule has 0 heterocycles. The van der Waals surface area contributed by atoms with Gasteiger partial charge in [0.2, 0.25) is 0 Å². The van der Waals surface area contributed by atoms with Crippen LogP contribution in [0.15, 0.2) is 42.5 Å². The summed E-state index contributed by atoms with van der Waals surface area (Å²) in [7, 11) is 0.